The molecule has 5 rings (SSSR count). The van der Waals surface area contributed by atoms with Crippen molar-refractivity contribution in [1.82, 2.24) is 28.9 Å². The highest BCUT2D eigenvalue weighted by Gasteiger charge is 2.36. The molecule has 0 bridgehead atoms. The third-order valence-electron chi connectivity index (χ3n) is 9.80. The zero-order valence-electron chi connectivity index (χ0n) is 32.8. The van der Waals surface area contributed by atoms with Gasteiger partial charge in [-0.2, -0.15) is 0 Å². The summed E-state index contributed by atoms with van der Waals surface area (Å²) in [4.78, 5) is 78.9. The number of hydrogen-bond donors (Lipinski definition) is 10. The summed E-state index contributed by atoms with van der Waals surface area (Å²) in [5.41, 5.74) is 13.3. The van der Waals surface area contributed by atoms with Crippen LogP contribution in [0.4, 0.5) is 22.7 Å². The van der Waals surface area contributed by atoms with Crippen molar-refractivity contribution in [2.24, 2.45) is 51.5 Å². The number of hydrogen-bond acceptors (Lipinski definition) is 8. The lowest BCUT2D eigenvalue weighted by Crippen LogP contribution is -2.38. The molecule has 0 radical (unpaired) electrons. The van der Waals surface area contributed by atoms with Crippen molar-refractivity contribution >= 4 is 69.9 Å². The van der Waals surface area contributed by atoms with Gasteiger partial charge in [0.1, 0.15) is 22.8 Å². The van der Waals surface area contributed by atoms with E-state index in [2.05, 4.69) is 31.9 Å². The van der Waals surface area contributed by atoms with Crippen molar-refractivity contribution < 1.29 is 28.8 Å². The molecule has 4 heterocycles. The number of nitrogens with zero attached hydrogens (tertiary/aromatic N) is 4. The molecule has 0 unspecified atom stereocenters. The van der Waals surface area contributed by atoms with Gasteiger partial charge in [-0.05, 0) is 37.1 Å². The van der Waals surface area contributed by atoms with Crippen LogP contribution in [0.15, 0.2) is 49.1 Å². The van der Waals surface area contributed by atoms with E-state index < -0.39 is 23.7 Å². The van der Waals surface area contributed by atoms with Gasteiger partial charge < -0.3 is 61.6 Å². The molecule has 12 N–H and O–H groups in total. The maximum atomic E-state index is 13.6. The first-order chi connectivity index (χ1) is 27.5. The molecule has 0 spiro atoms. The van der Waals surface area contributed by atoms with Crippen LogP contribution in [0.3, 0.4) is 0 Å². The molecule has 0 aromatic carbocycles. The van der Waals surface area contributed by atoms with E-state index in [4.69, 9.17) is 22.3 Å². The Kier molecular flexibility index (Phi) is 13.2. The maximum Gasteiger partial charge on any atom is 0.272 e. The number of anilines is 4. The lowest BCUT2D eigenvalue weighted by atomic mass is 9.78. The Balaban J connectivity index is 1.18. The van der Waals surface area contributed by atoms with Gasteiger partial charge in [0.15, 0.2) is 0 Å². The van der Waals surface area contributed by atoms with Gasteiger partial charge in [-0.25, -0.2) is 0 Å². The van der Waals surface area contributed by atoms with E-state index in [-0.39, 0.29) is 72.6 Å². The molecule has 20 heteroatoms. The molecular formula is C38H50N14O6. The minimum atomic E-state index is -0.644. The maximum absolute atomic E-state index is 13.6. The third kappa shape index (κ3) is 10.4. The molecule has 1 aliphatic rings. The van der Waals surface area contributed by atoms with Crippen molar-refractivity contribution in [2.45, 2.75) is 38.5 Å². The van der Waals surface area contributed by atoms with Crippen molar-refractivity contribution in [2.75, 3.05) is 34.4 Å². The summed E-state index contributed by atoms with van der Waals surface area (Å²) in [7, 11) is 6.64. The van der Waals surface area contributed by atoms with Crippen molar-refractivity contribution in [3.63, 3.8) is 0 Å². The number of nitrogens with two attached hydrogens (primary N) is 2. The Bertz CT molecular complexity index is 2100. The topological polar surface area (TPSA) is 294 Å². The number of carbonyl (C=O) groups excluding carboxylic acids is 6. The summed E-state index contributed by atoms with van der Waals surface area (Å²) < 4.78 is 6.24. The average molecular weight is 799 g/mol. The number of amidine groups is 2. The first-order valence-electron chi connectivity index (χ1n) is 18.6. The van der Waals surface area contributed by atoms with Crippen LogP contribution in [-0.2, 0) is 37.8 Å². The number of rotatable bonds is 16. The van der Waals surface area contributed by atoms with E-state index in [0.29, 0.717) is 47.0 Å². The Labute approximate surface area is 334 Å². The fraction of sp³-hybridized carbons (Fsp3) is 0.368. The predicted molar refractivity (Wildman–Crippen MR) is 218 cm³/mol. The monoisotopic (exact) mass is 798 g/mol. The molecule has 1 fully saturated rings. The van der Waals surface area contributed by atoms with Gasteiger partial charge in [0.2, 0.25) is 11.8 Å². The average Bonchev–Trinajstić information content (AvgIpc) is 3.92. The number of aromatic nitrogens is 4. The first-order valence-corrected chi connectivity index (χ1v) is 18.6. The van der Waals surface area contributed by atoms with E-state index in [0.717, 1.165) is 12.8 Å². The van der Waals surface area contributed by atoms with Gasteiger partial charge in [0.25, 0.3) is 23.6 Å². The predicted octanol–water partition coefficient (Wildman–Crippen LogP) is 2.04. The molecule has 0 aliphatic heterocycles. The second kappa shape index (κ2) is 18.2. The quantitative estimate of drug-likeness (QED) is 0.0590. The van der Waals surface area contributed by atoms with Crippen LogP contribution in [0.2, 0.25) is 0 Å². The molecule has 2 atom stereocenters. The SMILES string of the molecule is Cn1cc(NC(=O)c2cc(NC(=O)[C@H]3CCCC[C@@H]3C(=O)Nc3cc(C(=O)Nc4cc(C(=O)NCCC(=N)N)n(C)c4)n(C)c3)cn2C)cc1C(=O)NCCC(=N)N. The number of aryl methyl sites for hydroxylation is 4. The van der Waals surface area contributed by atoms with Crippen molar-refractivity contribution in [3.8, 4) is 0 Å². The van der Waals surface area contributed by atoms with Gasteiger partial charge in [-0.3, -0.25) is 39.6 Å². The summed E-state index contributed by atoms with van der Waals surface area (Å²) in [6.45, 7) is 0.404. The summed E-state index contributed by atoms with van der Waals surface area (Å²) in [6, 6.07) is 6.11. The van der Waals surface area contributed by atoms with Crippen molar-refractivity contribution in [3.05, 3.63) is 71.8 Å². The molecule has 20 nitrogen and oxygen atoms in total. The Morgan fingerprint density at radius 1 is 0.534 bits per heavy atom. The fourth-order valence-corrected chi connectivity index (χ4v) is 6.86. The van der Waals surface area contributed by atoms with Gasteiger partial charge in [0, 0.05) is 90.7 Å². The van der Waals surface area contributed by atoms with Gasteiger partial charge in [0.05, 0.1) is 34.4 Å². The molecule has 1 saturated carbocycles. The highest BCUT2D eigenvalue weighted by Crippen LogP contribution is 2.33. The van der Waals surface area contributed by atoms with E-state index >= 15 is 0 Å². The van der Waals surface area contributed by atoms with Crippen LogP contribution in [0.5, 0.6) is 0 Å². The smallest absolute Gasteiger partial charge is 0.272 e. The minimum Gasteiger partial charge on any atom is -0.388 e. The summed E-state index contributed by atoms with van der Waals surface area (Å²) >= 11 is 0. The lowest BCUT2D eigenvalue weighted by molar-refractivity contribution is -0.130. The Morgan fingerprint density at radius 2 is 0.828 bits per heavy atom. The zero-order chi connectivity index (χ0) is 42.3. The largest absolute Gasteiger partial charge is 0.388 e. The van der Waals surface area contributed by atoms with E-state index in [9.17, 15) is 28.8 Å². The van der Waals surface area contributed by atoms with Crippen LogP contribution < -0.4 is 43.4 Å². The first kappa shape index (κ1) is 42.0. The Hall–Kier alpha value is -7.12. The van der Waals surface area contributed by atoms with Crippen LogP contribution in [0.1, 0.15) is 80.5 Å². The number of nitrogens with one attached hydrogen (secondary N) is 8. The normalized spacial score (nSPS) is 14.9. The van der Waals surface area contributed by atoms with Crippen LogP contribution >= 0.6 is 0 Å². The number of amides is 6. The van der Waals surface area contributed by atoms with Crippen LogP contribution in [0, 0.1) is 22.7 Å². The van der Waals surface area contributed by atoms with Crippen LogP contribution in [0.25, 0.3) is 0 Å². The van der Waals surface area contributed by atoms with Gasteiger partial charge in [-0.15, -0.1) is 0 Å². The lowest BCUT2D eigenvalue weighted by Gasteiger charge is -2.29. The minimum absolute atomic E-state index is 0.0422. The highest BCUT2D eigenvalue weighted by atomic mass is 16.2. The highest BCUT2D eigenvalue weighted by molar-refractivity contribution is 6.07. The van der Waals surface area contributed by atoms with Crippen LogP contribution in [-0.4, -0.2) is 78.5 Å². The Morgan fingerprint density at radius 3 is 1.14 bits per heavy atom. The molecule has 1 aliphatic carbocycles. The molecule has 58 heavy (non-hydrogen) atoms. The van der Waals surface area contributed by atoms with E-state index in [1.54, 1.807) is 71.2 Å². The second-order valence-corrected chi connectivity index (χ2v) is 14.3. The molecule has 0 saturated heterocycles. The molecular weight excluding hydrogens is 749 g/mol. The second-order valence-electron chi connectivity index (χ2n) is 14.3. The third-order valence-corrected chi connectivity index (χ3v) is 9.80. The summed E-state index contributed by atoms with van der Waals surface area (Å²) in [5.74, 6) is -3.80. The standard InChI is InChI=1S/C38H50N14O6/c1-49-19-23(13-27(49)35(55)43-11-9-31(39)40)47-37(57)29-15-21(17-51(29)3)45-33(53)25-7-5-6-8-26(25)34(54)46-22-16-30(52(4)18-22)38(58)48-24-14-28(50(2)20-24)36(56)44-12-10-32(41)42/h13-20,25-26H,5-12H2,1-4H3,(H3,39,40)(H3,41,42)(H,43,55)(H,44,56)(H,45,53)(H,46,54)(H,47,57)(H,48,58)/t25-,26-/m0/s1. The molecule has 4 aromatic heterocycles. The zero-order valence-corrected chi connectivity index (χ0v) is 32.8. The van der Waals surface area contributed by atoms with E-state index in [1.807, 2.05) is 0 Å². The van der Waals surface area contributed by atoms with Gasteiger partial charge >= 0.3 is 0 Å². The molecule has 308 valence electrons. The molecule has 6 amide bonds. The molecule has 4 aromatic rings. The summed E-state index contributed by atoms with van der Waals surface area (Å²) in [6.07, 6.45) is 9.30. The van der Waals surface area contributed by atoms with Gasteiger partial charge in [-0.1, -0.05) is 12.8 Å². The summed E-state index contributed by atoms with van der Waals surface area (Å²) in [5, 5.41) is 31.3. The number of carbonyl (C=O) groups is 6. The fourth-order valence-electron chi connectivity index (χ4n) is 6.86. The van der Waals surface area contributed by atoms with E-state index in [1.165, 1.54) is 24.3 Å². The van der Waals surface area contributed by atoms with Crippen molar-refractivity contribution in [1.29, 1.82) is 10.8 Å².